The first kappa shape index (κ1) is 21.9. The highest BCUT2D eigenvalue weighted by Gasteiger charge is 2.58. The summed E-state index contributed by atoms with van der Waals surface area (Å²) in [6.45, 7) is 11.9. The average molecular weight is 403 g/mol. The van der Waals surface area contributed by atoms with Crippen LogP contribution in [0.3, 0.4) is 0 Å². The van der Waals surface area contributed by atoms with E-state index in [-0.39, 0.29) is 12.2 Å². The zero-order valence-corrected chi connectivity index (χ0v) is 19.7. The molecule has 3 fully saturated rings. The molecule has 4 aliphatic rings. The second-order valence-corrected chi connectivity index (χ2v) is 13.0. The third-order valence-electron chi connectivity index (χ3n) is 10.1. The fourth-order valence-corrected chi connectivity index (χ4v) is 8.18. The van der Waals surface area contributed by atoms with Crippen LogP contribution in [0.25, 0.3) is 0 Å². The van der Waals surface area contributed by atoms with Gasteiger partial charge in [-0.15, -0.1) is 0 Å². The van der Waals surface area contributed by atoms with Crippen LogP contribution in [0.4, 0.5) is 0 Å². The first-order chi connectivity index (χ1) is 13.5. The van der Waals surface area contributed by atoms with Crippen molar-refractivity contribution in [1.82, 2.24) is 0 Å². The summed E-state index contributed by atoms with van der Waals surface area (Å²) in [6, 6.07) is 0. The summed E-state index contributed by atoms with van der Waals surface area (Å²) in [6.07, 6.45) is 15.1. The Morgan fingerprint density at radius 1 is 1.07 bits per heavy atom. The van der Waals surface area contributed by atoms with E-state index in [4.69, 9.17) is 0 Å². The highest BCUT2D eigenvalue weighted by atomic mass is 16.3. The van der Waals surface area contributed by atoms with Gasteiger partial charge in [0.25, 0.3) is 0 Å². The van der Waals surface area contributed by atoms with E-state index < -0.39 is 0 Å². The molecule has 0 saturated heterocycles. The van der Waals surface area contributed by atoms with E-state index >= 15 is 0 Å². The zero-order valence-electron chi connectivity index (χ0n) is 19.7. The van der Waals surface area contributed by atoms with Crippen LogP contribution in [0.15, 0.2) is 11.6 Å². The molecule has 0 spiro atoms. The Hall–Kier alpha value is -0.340. The minimum atomic E-state index is -0.122. The van der Waals surface area contributed by atoms with Gasteiger partial charge in [-0.1, -0.05) is 46.3 Å². The molecule has 0 amide bonds. The van der Waals surface area contributed by atoms with E-state index in [1.807, 2.05) is 0 Å². The smallest absolute Gasteiger partial charge is 0.0577 e. The Morgan fingerprint density at radius 2 is 1.83 bits per heavy atom. The third-order valence-corrected chi connectivity index (χ3v) is 10.1. The van der Waals surface area contributed by atoms with E-state index in [1.165, 1.54) is 38.5 Å². The van der Waals surface area contributed by atoms with Crippen LogP contribution < -0.4 is 0 Å². The van der Waals surface area contributed by atoms with Crippen molar-refractivity contribution in [3.63, 3.8) is 0 Å². The molecule has 8 unspecified atom stereocenters. The maximum absolute atomic E-state index is 10.8. The van der Waals surface area contributed by atoms with Gasteiger partial charge < -0.3 is 10.2 Å². The minimum absolute atomic E-state index is 0.106. The topological polar surface area (TPSA) is 40.5 Å². The largest absolute Gasteiger partial charge is 0.393 e. The van der Waals surface area contributed by atoms with E-state index in [9.17, 15) is 10.2 Å². The lowest BCUT2D eigenvalue weighted by atomic mass is 9.47. The summed E-state index contributed by atoms with van der Waals surface area (Å²) >= 11 is 0. The van der Waals surface area contributed by atoms with Crippen LogP contribution in [0.1, 0.15) is 105 Å². The molecule has 2 heteroatoms. The highest BCUT2D eigenvalue weighted by molar-refractivity contribution is 5.25. The van der Waals surface area contributed by atoms with Crippen molar-refractivity contribution in [3.05, 3.63) is 11.6 Å². The molecule has 0 aromatic carbocycles. The monoisotopic (exact) mass is 402 g/mol. The SMILES string of the molecule is CC(C)(C)CCC(O)CC1CCC2C3CC=C4CC(O)CCC4(C)C3CCC12C. The molecular formula is C27H46O2. The van der Waals surface area contributed by atoms with Gasteiger partial charge in [0.05, 0.1) is 12.2 Å². The first-order valence-electron chi connectivity index (χ1n) is 12.6. The Labute approximate surface area is 179 Å². The number of aliphatic hydroxyl groups is 2. The predicted octanol–water partition coefficient (Wildman–Crippen LogP) is 6.50. The molecular weight excluding hydrogens is 356 g/mol. The molecule has 3 saturated carbocycles. The van der Waals surface area contributed by atoms with Crippen molar-refractivity contribution in [2.75, 3.05) is 0 Å². The molecule has 4 rings (SSSR count). The molecule has 0 aliphatic heterocycles. The van der Waals surface area contributed by atoms with E-state index in [0.717, 1.165) is 49.9 Å². The molecule has 2 nitrogen and oxygen atoms in total. The lowest BCUT2D eigenvalue weighted by Gasteiger charge is -2.58. The van der Waals surface area contributed by atoms with Crippen molar-refractivity contribution in [3.8, 4) is 0 Å². The van der Waals surface area contributed by atoms with Gasteiger partial charge in [-0.25, -0.2) is 0 Å². The number of aliphatic hydroxyl groups excluding tert-OH is 2. The average Bonchev–Trinajstić information content (AvgIpc) is 2.96. The van der Waals surface area contributed by atoms with Gasteiger partial charge in [-0.05, 0) is 111 Å². The van der Waals surface area contributed by atoms with Crippen LogP contribution in [0.2, 0.25) is 0 Å². The second-order valence-electron chi connectivity index (χ2n) is 13.0. The van der Waals surface area contributed by atoms with Crippen molar-refractivity contribution in [2.45, 2.75) is 117 Å². The van der Waals surface area contributed by atoms with Gasteiger partial charge in [-0.3, -0.25) is 0 Å². The summed E-state index contributed by atoms with van der Waals surface area (Å²) in [4.78, 5) is 0. The molecule has 4 aliphatic carbocycles. The summed E-state index contributed by atoms with van der Waals surface area (Å²) in [5.74, 6) is 3.18. The van der Waals surface area contributed by atoms with Crippen molar-refractivity contribution >= 4 is 0 Å². The quantitative estimate of drug-likeness (QED) is 0.527. The minimum Gasteiger partial charge on any atom is -0.393 e. The molecule has 0 aromatic rings. The van der Waals surface area contributed by atoms with Crippen LogP contribution in [0.5, 0.6) is 0 Å². The Kier molecular flexibility index (Phi) is 5.78. The first-order valence-corrected chi connectivity index (χ1v) is 12.6. The van der Waals surface area contributed by atoms with E-state index in [1.54, 1.807) is 5.57 Å². The lowest BCUT2D eigenvalue weighted by molar-refractivity contribution is -0.0558. The second kappa shape index (κ2) is 7.66. The maximum Gasteiger partial charge on any atom is 0.0577 e. The molecule has 0 bridgehead atoms. The van der Waals surface area contributed by atoms with E-state index in [0.29, 0.717) is 22.2 Å². The molecule has 29 heavy (non-hydrogen) atoms. The van der Waals surface area contributed by atoms with Gasteiger partial charge in [-0.2, -0.15) is 0 Å². The number of fused-ring (bicyclic) bond motifs is 5. The van der Waals surface area contributed by atoms with Crippen LogP contribution in [-0.2, 0) is 0 Å². The van der Waals surface area contributed by atoms with Crippen LogP contribution in [0, 0.1) is 39.9 Å². The zero-order chi connectivity index (χ0) is 21.0. The number of allylic oxidation sites excluding steroid dienone is 1. The summed E-state index contributed by atoms with van der Waals surface area (Å²) in [5.41, 5.74) is 2.66. The fourth-order valence-electron chi connectivity index (χ4n) is 8.18. The highest BCUT2D eigenvalue weighted by Crippen LogP contribution is 2.66. The summed E-state index contributed by atoms with van der Waals surface area (Å²) in [7, 11) is 0. The van der Waals surface area contributed by atoms with Gasteiger partial charge >= 0.3 is 0 Å². The maximum atomic E-state index is 10.8. The molecule has 2 N–H and O–H groups in total. The summed E-state index contributed by atoms with van der Waals surface area (Å²) in [5, 5.41) is 21.0. The van der Waals surface area contributed by atoms with Crippen molar-refractivity contribution in [2.24, 2.45) is 39.9 Å². The molecule has 0 heterocycles. The van der Waals surface area contributed by atoms with Crippen molar-refractivity contribution < 1.29 is 10.2 Å². The van der Waals surface area contributed by atoms with Crippen molar-refractivity contribution in [1.29, 1.82) is 0 Å². The number of hydrogen-bond acceptors (Lipinski definition) is 2. The predicted molar refractivity (Wildman–Crippen MR) is 121 cm³/mol. The molecule has 166 valence electrons. The lowest BCUT2D eigenvalue weighted by Crippen LogP contribution is -2.50. The van der Waals surface area contributed by atoms with Crippen LogP contribution >= 0.6 is 0 Å². The Balaban J connectivity index is 1.46. The Morgan fingerprint density at radius 3 is 2.55 bits per heavy atom. The van der Waals surface area contributed by atoms with Gasteiger partial charge in [0.2, 0.25) is 0 Å². The fraction of sp³-hybridized carbons (Fsp3) is 0.926. The molecule has 0 aromatic heterocycles. The van der Waals surface area contributed by atoms with Gasteiger partial charge in [0.15, 0.2) is 0 Å². The molecule has 8 atom stereocenters. The molecule has 0 radical (unpaired) electrons. The van der Waals surface area contributed by atoms with Gasteiger partial charge in [0, 0.05) is 0 Å². The van der Waals surface area contributed by atoms with Gasteiger partial charge in [0.1, 0.15) is 0 Å². The standard InChI is InChI=1S/C27H46O2/c1-25(2,3)13-10-20(28)17-19-7-9-23-22-8-6-18-16-21(29)11-14-26(18,4)24(22)12-15-27(19,23)5/h6,19-24,28-29H,7-17H2,1-5H3. The third kappa shape index (κ3) is 3.98. The Bertz CT molecular complexity index is 631. The van der Waals surface area contributed by atoms with E-state index in [2.05, 4.69) is 40.7 Å². The number of hydrogen-bond donors (Lipinski definition) is 2. The summed E-state index contributed by atoms with van der Waals surface area (Å²) < 4.78 is 0. The van der Waals surface area contributed by atoms with Crippen LogP contribution in [-0.4, -0.2) is 22.4 Å². The number of rotatable bonds is 4. The normalized spacial score (nSPS) is 45.8.